The zero-order chi connectivity index (χ0) is 16.8. The van der Waals surface area contributed by atoms with Gasteiger partial charge in [0.05, 0.1) is 16.7 Å². The molecule has 4 aromatic rings. The lowest BCUT2D eigenvalue weighted by molar-refractivity contribution is 0.870. The fourth-order valence-corrected chi connectivity index (χ4v) is 3.19. The average molecular weight is 317 g/mol. The van der Waals surface area contributed by atoms with Gasteiger partial charge in [-0.3, -0.25) is 0 Å². The van der Waals surface area contributed by atoms with Gasteiger partial charge >= 0.3 is 0 Å². The summed E-state index contributed by atoms with van der Waals surface area (Å²) in [5.41, 5.74) is 6.58. The van der Waals surface area contributed by atoms with Crippen LogP contribution >= 0.6 is 0 Å². The maximum atomic E-state index is 4.56. The van der Waals surface area contributed by atoms with E-state index in [1.165, 1.54) is 11.1 Å². The van der Waals surface area contributed by atoms with E-state index in [0.717, 1.165) is 33.9 Å². The minimum atomic E-state index is 0.841. The maximum Gasteiger partial charge on any atom is 0.163 e. The molecule has 0 saturated heterocycles. The summed E-state index contributed by atoms with van der Waals surface area (Å²) in [6.07, 6.45) is 1.61. The van der Waals surface area contributed by atoms with Gasteiger partial charge in [-0.05, 0) is 50.1 Å². The number of aryl methyl sites for hydroxylation is 4. The highest BCUT2D eigenvalue weighted by Crippen LogP contribution is 2.27. The Labute approximate surface area is 140 Å². The fraction of sp³-hybridized carbons (Fsp3) is 0.211. The standard InChI is InChI=1S/C19H19N5/c1-12-6-5-7-13(2)18(12)24-19(20-11-21-24)15-8-9-16-17(10-15)23(4)14(3)22-16/h5-11H,1-4H3. The van der Waals surface area contributed by atoms with Crippen molar-refractivity contribution in [2.45, 2.75) is 20.8 Å². The van der Waals surface area contributed by atoms with Crippen LogP contribution < -0.4 is 0 Å². The minimum absolute atomic E-state index is 0.841. The zero-order valence-electron chi connectivity index (χ0n) is 14.3. The van der Waals surface area contributed by atoms with E-state index in [2.05, 4.69) is 63.8 Å². The van der Waals surface area contributed by atoms with E-state index in [0.29, 0.717) is 0 Å². The summed E-state index contributed by atoms with van der Waals surface area (Å²) in [6, 6.07) is 12.5. The lowest BCUT2D eigenvalue weighted by Crippen LogP contribution is -2.04. The minimum Gasteiger partial charge on any atom is -0.331 e. The van der Waals surface area contributed by atoms with Gasteiger partial charge in [0.1, 0.15) is 12.2 Å². The highest BCUT2D eigenvalue weighted by atomic mass is 15.3. The number of hydrogen-bond acceptors (Lipinski definition) is 3. The Balaban J connectivity index is 1.93. The van der Waals surface area contributed by atoms with E-state index in [-0.39, 0.29) is 0 Å². The summed E-state index contributed by atoms with van der Waals surface area (Å²) in [7, 11) is 2.03. The van der Waals surface area contributed by atoms with Crippen LogP contribution in [0.4, 0.5) is 0 Å². The number of benzene rings is 2. The predicted molar refractivity (Wildman–Crippen MR) is 95.3 cm³/mol. The van der Waals surface area contributed by atoms with Gasteiger partial charge in [0.25, 0.3) is 0 Å². The first-order valence-electron chi connectivity index (χ1n) is 7.96. The largest absolute Gasteiger partial charge is 0.331 e. The van der Waals surface area contributed by atoms with E-state index in [1.54, 1.807) is 6.33 Å². The van der Waals surface area contributed by atoms with Crippen molar-refractivity contribution in [3.8, 4) is 17.1 Å². The Morgan fingerprint density at radius 2 is 1.71 bits per heavy atom. The number of aromatic nitrogens is 5. The molecule has 2 aromatic heterocycles. The number of rotatable bonds is 2. The molecule has 0 aliphatic carbocycles. The molecular formula is C19H19N5. The average Bonchev–Trinajstić information content (AvgIpc) is 3.13. The van der Waals surface area contributed by atoms with Crippen molar-refractivity contribution < 1.29 is 0 Å². The van der Waals surface area contributed by atoms with E-state index in [1.807, 2.05) is 24.7 Å². The number of hydrogen-bond donors (Lipinski definition) is 0. The van der Waals surface area contributed by atoms with Crippen LogP contribution in [0.1, 0.15) is 17.0 Å². The van der Waals surface area contributed by atoms with Gasteiger partial charge in [-0.15, -0.1) is 0 Å². The van der Waals surface area contributed by atoms with Crippen LogP contribution in [0.15, 0.2) is 42.7 Å². The smallest absolute Gasteiger partial charge is 0.163 e. The summed E-state index contributed by atoms with van der Waals surface area (Å²) >= 11 is 0. The first-order valence-corrected chi connectivity index (χ1v) is 7.96. The van der Waals surface area contributed by atoms with Crippen molar-refractivity contribution in [2.75, 3.05) is 0 Å². The maximum absolute atomic E-state index is 4.56. The fourth-order valence-electron chi connectivity index (χ4n) is 3.19. The van der Waals surface area contributed by atoms with Crippen LogP contribution in [0.5, 0.6) is 0 Å². The van der Waals surface area contributed by atoms with Gasteiger partial charge in [-0.2, -0.15) is 5.10 Å². The van der Waals surface area contributed by atoms with Crippen LogP contribution in [0.25, 0.3) is 28.1 Å². The van der Waals surface area contributed by atoms with Crippen molar-refractivity contribution in [1.29, 1.82) is 0 Å². The molecule has 0 atom stereocenters. The first-order chi connectivity index (χ1) is 11.6. The molecule has 0 fully saturated rings. The quantitative estimate of drug-likeness (QED) is 0.566. The van der Waals surface area contributed by atoms with Crippen molar-refractivity contribution in [3.05, 3.63) is 59.7 Å². The normalized spacial score (nSPS) is 11.3. The van der Waals surface area contributed by atoms with E-state index >= 15 is 0 Å². The van der Waals surface area contributed by atoms with Gasteiger partial charge in [0, 0.05) is 12.6 Å². The molecule has 5 nitrogen and oxygen atoms in total. The Hall–Kier alpha value is -2.95. The summed E-state index contributed by atoms with van der Waals surface area (Å²) in [4.78, 5) is 9.07. The van der Waals surface area contributed by atoms with Gasteiger partial charge in [-0.1, -0.05) is 18.2 Å². The zero-order valence-corrected chi connectivity index (χ0v) is 14.3. The molecule has 0 saturated carbocycles. The van der Waals surface area contributed by atoms with Crippen LogP contribution in [0.3, 0.4) is 0 Å². The number of fused-ring (bicyclic) bond motifs is 1. The third-order valence-electron chi connectivity index (χ3n) is 4.56. The van der Waals surface area contributed by atoms with E-state index in [4.69, 9.17) is 0 Å². The molecule has 0 aliphatic heterocycles. The van der Waals surface area contributed by atoms with Gasteiger partial charge in [0.15, 0.2) is 5.82 Å². The summed E-state index contributed by atoms with van der Waals surface area (Å²) in [6.45, 7) is 6.21. The first kappa shape index (κ1) is 14.6. The van der Waals surface area contributed by atoms with Crippen LogP contribution in [0, 0.1) is 20.8 Å². The molecule has 0 aliphatic rings. The molecule has 24 heavy (non-hydrogen) atoms. The highest BCUT2D eigenvalue weighted by molar-refractivity contribution is 5.81. The number of para-hydroxylation sites is 1. The molecule has 2 heterocycles. The molecule has 0 N–H and O–H groups in total. The Bertz CT molecular complexity index is 1030. The molecule has 4 rings (SSSR count). The summed E-state index contributed by atoms with van der Waals surface area (Å²) in [5, 5.41) is 4.48. The van der Waals surface area contributed by atoms with Crippen LogP contribution in [-0.4, -0.2) is 24.3 Å². The van der Waals surface area contributed by atoms with E-state index in [9.17, 15) is 0 Å². The molecule has 120 valence electrons. The Morgan fingerprint density at radius 1 is 0.958 bits per heavy atom. The molecule has 0 bridgehead atoms. The molecule has 0 unspecified atom stereocenters. The highest BCUT2D eigenvalue weighted by Gasteiger charge is 2.14. The monoisotopic (exact) mass is 317 g/mol. The second-order valence-corrected chi connectivity index (χ2v) is 6.16. The third-order valence-corrected chi connectivity index (χ3v) is 4.56. The molecule has 0 amide bonds. The van der Waals surface area contributed by atoms with Crippen LogP contribution in [-0.2, 0) is 7.05 Å². The molecular weight excluding hydrogens is 298 g/mol. The van der Waals surface area contributed by atoms with Gasteiger partial charge < -0.3 is 4.57 Å². The SMILES string of the molecule is Cc1cccc(C)c1-n1ncnc1-c1ccc2nc(C)n(C)c2c1. The van der Waals surface area contributed by atoms with Crippen molar-refractivity contribution in [1.82, 2.24) is 24.3 Å². The second-order valence-electron chi connectivity index (χ2n) is 6.16. The number of imidazole rings is 1. The summed E-state index contributed by atoms with van der Waals surface area (Å²) in [5.74, 6) is 1.84. The lowest BCUT2D eigenvalue weighted by Gasteiger charge is -2.12. The second kappa shape index (κ2) is 5.30. The van der Waals surface area contributed by atoms with Crippen molar-refractivity contribution in [3.63, 3.8) is 0 Å². The number of nitrogens with zero attached hydrogens (tertiary/aromatic N) is 5. The lowest BCUT2D eigenvalue weighted by atomic mass is 10.1. The molecule has 0 spiro atoms. The van der Waals surface area contributed by atoms with Crippen molar-refractivity contribution >= 4 is 11.0 Å². The van der Waals surface area contributed by atoms with Gasteiger partial charge in [0.2, 0.25) is 0 Å². The molecule has 2 aromatic carbocycles. The van der Waals surface area contributed by atoms with Gasteiger partial charge in [-0.25, -0.2) is 14.6 Å². The third kappa shape index (κ3) is 2.12. The van der Waals surface area contributed by atoms with Crippen LogP contribution in [0.2, 0.25) is 0 Å². The van der Waals surface area contributed by atoms with Crippen molar-refractivity contribution in [2.24, 2.45) is 7.05 Å². The summed E-state index contributed by atoms with van der Waals surface area (Å²) < 4.78 is 4.02. The molecule has 5 heteroatoms. The molecule has 0 radical (unpaired) electrons. The predicted octanol–water partition coefficient (Wildman–Crippen LogP) is 3.75. The Morgan fingerprint density at radius 3 is 2.46 bits per heavy atom. The topological polar surface area (TPSA) is 48.5 Å². The van der Waals surface area contributed by atoms with E-state index < -0.39 is 0 Å². The Kier molecular flexibility index (Phi) is 3.23.